The number of carboxylic acid groups (broad SMARTS) is 1. The molecule has 0 fully saturated rings. The topological polar surface area (TPSA) is 109 Å². The van der Waals surface area contributed by atoms with E-state index < -0.39 is 17.9 Å². The van der Waals surface area contributed by atoms with Gasteiger partial charge in [0.05, 0.1) is 0 Å². The van der Waals surface area contributed by atoms with Crippen LogP contribution in [-0.2, 0) is 4.79 Å². The van der Waals surface area contributed by atoms with Crippen LogP contribution in [0.1, 0.15) is 26.3 Å². The standard InChI is InChI=1S/C17H16N2O4/c18-14(17(22)23)10-19-16(21)13-8-6-12(7-9-13)15(20)11-4-2-1-3-5-11/h1-9,14H,10,18H2,(H,19,21)(H,22,23)/t14-/m0/s1. The number of carboxylic acids is 1. The van der Waals surface area contributed by atoms with E-state index >= 15 is 0 Å². The molecule has 6 nitrogen and oxygen atoms in total. The Labute approximate surface area is 132 Å². The molecular formula is C17H16N2O4. The van der Waals surface area contributed by atoms with Gasteiger partial charge in [-0.05, 0) is 12.1 Å². The first kappa shape index (κ1) is 16.4. The molecule has 0 bridgehead atoms. The van der Waals surface area contributed by atoms with E-state index in [1.54, 1.807) is 36.4 Å². The van der Waals surface area contributed by atoms with Gasteiger partial charge in [-0.3, -0.25) is 14.4 Å². The maximum absolute atomic E-state index is 12.2. The molecular weight excluding hydrogens is 296 g/mol. The monoisotopic (exact) mass is 312 g/mol. The first-order valence-electron chi connectivity index (χ1n) is 6.95. The number of nitrogens with two attached hydrogens (primary N) is 1. The van der Waals surface area contributed by atoms with Crippen molar-refractivity contribution in [1.29, 1.82) is 0 Å². The number of carbonyl (C=O) groups is 3. The predicted octanol–water partition coefficient (Wildman–Crippen LogP) is 1.06. The number of rotatable bonds is 6. The highest BCUT2D eigenvalue weighted by Gasteiger charge is 2.14. The number of aliphatic carboxylic acids is 1. The van der Waals surface area contributed by atoms with Gasteiger partial charge >= 0.3 is 5.97 Å². The lowest BCUT2D eigenvalue weighted by molar-refractivity contribution is -0.138. The summed E-state index contributed by atoms with van der Waals surface area (Å²) in [6.45, 7) is -0.168. The quantitative estimate of drug-likeness (QED) is 0.691. The predicted molar refractivity (Wildman–Crippen MR) is 84.3 cm³/mol. The zero-order valence-electron chi connectivity index (χ0n) is 12.2. The first-order chi connectivity index (χ1) is 11.0. The van der Waals surface area contributed by atoms with Crippen LogP contribution in [0.15, 0.2) is 54.6 Å². The second-order valence-electron chi connectivity index (χ2n) is 4.93. The van der Waals surface area contributed by atoms with Crippen molar-refractivity contribution >= 4 is 17.7 Å². The number of ketones is 1. The third-order valence-corrected chi connectivity index (χ3v) is 3.24. The number of nitrogens with one attached hydrogen (secondary N) is 1. The van der Waals surface area contributed by atoms with Crippen molar-refractivity contribution in [2.75, 3.05) is 6.54 Å². The summed E-state index contributed by atoms with van der Waals surface area (Å²) in [5.41, 5.74) is 6.67. The van der Waals surface area contributed by atoms with E-state index in [0.29, 0.717) is 16.7 Å². The van der Waals surface area contributed by atoms with Gasteiger partial charge in [0.25, 0.3) is 5.91 Å². The van der Waals surface area contributed by atoms with E-state index in [9.17, 15) is 14.4 Å². The average Bonchev–Trinajstić information content (AvgIpc) is 2.59. The molecule has 6 heteroatoms. The third kappa shape index (κ3) is 4.24. The number of hydrogen-bond donors (Lipinski definition) is 3. The molecule has 0 aliphatic heterocycles. The van der Waals surface area contributed by atoms with Crippen LogP contribution in [0.5, 0.6) is 0 Å². The van der Waals surface area contributed by atoms with Gasteiger partial charge in [0.1, 0.15) is 6.04 Å². The van der Waals surface area contributed by atoms with Gasteiger partial charge in [0.2, 0.25) is 0 Å². The summed E-state index contributed by atoms with van der Waals surface area (Å²) in [4.78, 5) is 34.7. The van der Waals surface area contributed by atoms with Gasteiger partial charge in [-0.1, -0.05) is 42.5 Å². The number of hydrogen-bond acceptors (Lipinski definition) is 4. The van der Waals surface area contributed by atoms with Crippen molar-refractivity contribution in [2.45, 2.75) is 6.04 Å². The summed E-state index contributed by atoms with van der Waals surface area (Å²) in [7, 11) is 0. The maximum Gasteiger partial charge on any atom is 0.322 e. The highest BCUT2D eigenvalue weighted by molar-refractivity contribution is 6.09. The summed E-state index contributed by atoms with van der Waals surface area (Å²) < 4.78 is 0. The van der Waals surface area contributed by atoms with E-state index in [1.807, 2.05) is 6.07 Å². The lowest BCUT2D eigenvalue weighted by Gasteiger charge is -2.09. The van der Waals surface area contributed by atoms with Crippen molar-refractivity contribution in [3.05, 3.63) is 71.3 Å². The summed E-state index contributed by atoms with van der Waals surface area (Å²) in [6, 6.07) is 13.8. The lowest BCUT2D eigenvalue weighted by Crippen LogP contribution is -2.42. The Kier molecular flexibility index (Phi) is 5.22. The number of benzene rings is 2. The van der Waals surface area contributed by atoms with Gasteiger partial charge < -0.3 is 16.2 Å². The minimum absolute atomic E-state index is 0.134. The zero-order valence-corrected chi connectivity index (χ0v) is 12.2. The molecule has 1 atom stereocenters. The minimum Gasteiger partial charge on any atom is -0.480 e. The summed E-state index contributed by atoms with van der Waals surface area (Å²) >= 11 is 0. The summed E-state index contributed by atoms with van der Waals surface area (Å²) in [5, 5.41) is 11.1. The molecule has 0 aromatic heterocycles. The third-order valence-electron chi connectivity index (χ3n) is 3.24. The van der Waals surface area contributed by atoms with Gasteiger partial charge in [0, 0.05) is 23.2 Å². The van der Waals surface area contributed by atoms with E-state index in [0.717, 1.165) is 0 Å². The molecule has 0 heterocycles. The molecule has 0 aliphatic carbocycles. The largest absolute Gasteiger partial charge is 0.480 e. The van der Waals surface area contributed by atoms with Crippen molar-refractivity contribution in [3.63, 3.8) is 0 Å². The van der Waals surface area contributed by atoms with Crippen molar-refractivity contribution in [1.82, 2.24) is 5.32 Å². The molecule has 2 aromatic carbocycles. The van der Waals surface area contributed by atoms with E-state index in [1.165, 1.54) is 12.1 Å². The molecule has 0 spiro atoms. The molecule has 0 radical (unpaired) electrons. The smallest absolute Gasteiger partial charge is 0.322 e. The Hall–Kier alpha value is -2.99. The van der Waals surface area contributed by atoms with Crippen LogP contribution in [0.3, 0.4) is 0 Å². The summed E-state index contributed by atoms with van der Waals surface area (Å²) in [5.74, 6) is -1.76. The van der Waals surface area contributed by atoms with Crippen LogP contribution in [-0.4, -0.2) is 35.4 Å². The number of carbonyl (C=O) groups excluding carboxylic acids is 2. The fourth-order valence-corrected chi connectivity index (χ4v) is 1.92. The summed E-state index contributed by atoms with van der Waals surface area (Å²) in [6.07, 6.45) is 0. The van der Waals surface area contributed by atoms with Crippen molar-refractivity contribution < 1.29 is 19.5 Å². The van der Waals surface area contributed by atoms with Gasteiger partial charge in [-0.2, -0.15) is 0 Å². The average molecular weight is 312 g/mol. The minimum atomic E-state index is -1.19. The normalized spacial score (nSPS) is 11.5. The second-order valence-corrected chi connectivity index (χ2v) is 4.93. The van der Waals surface area contributed by atoms with Gasteiger partial charge in [0.15, 0.2) is 5.78 Å². The number of amides is 1. The first-order valence-corrected chi connectivity index (χ1v) is 6.95. The van der Waals surface area contributed by atoms with Crippen molar-refractivity contribution in [3.8, 4) is 0 Å². The van der Waals surface area contributed by atoms with Crippen LogP contribution < -0.4 is 11.1 Å². The van der Waals surface area contributed by atoms with Crippen LogP contribution >= 0.6 is 0 Å². The zero-order chi connectivity index (χ0) is 16.8. The van der Waals surface area contributed by atoms with Gasteiger partial charge in [-0.25, -0.2) is 0 Å². The van der Waals surface area contributed by atoms with E-state index in [2.05, 4.69) is 5.32 Å². The Morgan fingerprint density at radius 1 is 0.913 bits per heavy atom. The maximum atomic E-state index is 12.2. The molecule has 2 aromatic rings. The molecule has 0 saturated heterocycles. The molecule has 1 amide bonds. The second kappa shape index (κ2) is 7.33. The highest BCUT2D eigenvalue weighted by atomic mass is 16.4. The SMILES string of the molecule is N[C@@H](CNC(=O)c1ccc(C(=O)c2ccccc2)cc1)C(=O)O. The molecule has 118 valence electrons. The Bertz CT molecular complexity index is 711. The van der Waals surface area contributed by atoms with Crippen molar-refractivity contribution in [2.24, 2.45) is 5.73 Å². The van der Waals surface area contributed by atoms with E-state index in [-0.39, 0.29) is 12.3 Å². The fourth-order valence-electron chi connectivity index (χ4n) is 1.92. The lowest BCUT2D eigenvalue weighted by atomic mass is 10.0. The highest BCUT2D eigenvalue weighted by Crippen LogP contribution is 2.11. The van der Waals surface area contributed by atoms with Crippen LogP contribution in [0.4, 0.5) is 0 Å². The molecule has 0 saturated carbocycles. The van der Waals surface area contributed by atoms with Crippen LogP contribution in [0.2, 0.25) is 0 Å². The molecule has 0 unspecified atom stereocenters. The molecule has 0 aliphatic rings. The van der Waals surface area contributed by atoms with Crippen LogP contribution in [0.25, 0.3) is 0 Å². The van der Waals surface area contributed by atoms with Gasteiger partial charge in [-0.15, -0.1) is 0 Å². The Morgan fingerprint density at radius 2 is 1.43 bits per heavy atom. The molecule has 2 rings (SSSR count). The molecule has 4 N–H and O–H groups in total. The van der Waals surface area contributed by atoms with E-state index in [4.69, 9.17) is 10.8 Å². The Morgan fingerprint density at radius 3 is 2.00 bits per heavy atom. The van der Waals surface area contributed by atoms with Crippen LogP contribution in [0, 0.1) is 0 Å². The fraction of sp³-hybridized carbons (Fsp3) is 0.118. The molecule has 23 heavy (non-hydrogen) atoms. The Balaban J connectivity index is 2.03.